The van der Waals surface area contributed by atoms with Crippen LogP contribution in [-0.2, 0) is 11.1 Å². The Morgan fingerprint density at radius 2 is 2.36 bits per heavy atom. The van der Waals surface area contributed by atoms with Crippen LogP contribution < -0.4 is 0 Å². The fourth-order valence-corrected chi connectivity index (χ4v) is 2.04. The van der Waals surface area contributed by atoms with Crippen molar-refractivity contribution < 1.29 is 13.9 Å². The van der Waals surface area contributed by atoms with Gasteiger partial charge in [-0.25, -0.2) is 4.21 Å². The van der Waals surface area contributed by atoms with Crippen molar-refractivity contribution in [3.8, 4) is 0 Å². The first-order valence-electron chi connectivity index (χ1n) is 3.66. The van der Waals surface area contributed by atoms with E-state index in [-0.39, 0.29) is 18.5 Å². The van der Waals surface area contributed by atoms with E-state index in [4.69, 9.17) is 9.66 Å². The summed E-state index contributed by atoms with van der Waals surface area (Å²) in [6.45, 7) is 0.925. The smallest absolute Gasteiger partial charge is 0.167 e. The van der Waals surface area contributed by atoms with E-state index >= 15 is 0 Å². The van der Waals surface area contributed by atoms with Crippen LogP contribution in [0.25, 0.3) is 0 Å². The molecule has 66 valence electrons. The fourth-order valence-electron chi connectivity index (χ4n) is 1.41. The van der Waals surface area contributed by atoms with E-state index in [1.54, 1.807) is 0 Å². The van der Waals surface area contributed by atoms with Gasteiger partial charge in [-0.2, -0.15) is 0 Å². The highest BCUT2D eigenvalue weighted by Gasteiger charge is 2.24. The quantitative estimate of drug-likeness (QED) is 0.580. The number of likely N-dealkylation sites (tertiary alicyclic amines) is 1. The largest absolute Gasteiger partial charge is 0.395 e. The summed E-state index contributed by atoms with van der Waals surface area (Å²) in [6.07, 6.45) is 1.95. The lowest BCUT2D eigenvalue weighted by Crippen LogP contribution is -2.34. The lowest BCUT2D eigenvalue weighted by molar-refractivity contribution is 0.174. The molecule has 0 aromatic rings. The van der Waals surface area contributed by atoms with Crippen molar-refractivity contribution in [1.29, 1.82) is 0 Å². The highest BCUT2D eigenvalue weighted by Crippen LogP contribution is 2.15. The van der Waals surface area contributed by atoms with Crippen molar-refractivity contribution in [1.82, 2.24) is 4.90 Å². The van der Waals surface area contributed by atoms with Crippen molar-refractivity contribution in [2.45, 2.75) is 18.9 Å². The minimum atomic E-state index is -1.76. The molecule has 0 aliphatic carbocycles. The van der Waals surface area contributed by atoms with Gasteiger partial charge in [-0.05, 0) is 19.4 Å². The van der Waals surface area contributed by atoms with Gasteiger partial charge in [-0.3, -0.25) is 4.90 Å². The van der Waals surface area contributed by atoms with Gasteiger partial charge in [0, 0.05) is 6.04 Å². The minimum absolute atomic E-state index is 0.0944. The molecule has 1 aliphatic heterocycles. The molecular formula is C6H13NO3S. The zero-order chi connectivity index (χ0) is 8.27. The van der Waals surface area contributed by atoms with Gasteiger partial charge in [0.25, 0.3) is 0 Å². The number of aliphatic hydroxyl groups excluding tert-OH is 1. The summed E-state index contributed by atoms with van der Waals surface area (Å²) in [6, 6.07) is 0.103. The maximum atomic E-state index is 10.4. The molecule has 2 unspecified atom stereocenters. The van der Waals surface area contributed by atoms with E-state index in [9.17, 15) is 4.21 Å². The average Bonchev–Trinajstić information content (AvgIpc) is 2.34. The molecule has 11 heavy (non-hydrogen) atoms. The molecular weight excluding hydrogens is 166 g/mol. The van der Waals surface area contributed by atoms with Crippen LogP contribution in [0.1, 0.15) is 12.8 Å². The molecule has 5 heteroatoms. The number of aliphatic hydroxyl groups is 1. The number of nitrogens with zero attached hydrogens (tertiary/aromatic N) is 1. The molecule has 0 saturated carbocycles. The zero-order valence-corrected chi connectivity index (χ0v) is 7.09. The molecule has 2 atom stereocenters. The van der Waals surface area contributed by atoms with E-state index in [2.05, 4.69) is 0 Å². The first-order valence-corrected chi connectivity index (χ1v) is 4.94. The van der Waals surface area contributed by atoms with Gasteiger partial charge in [0.15, 0.2) is 11.1 Å². The average molecular weight is 179 g/mol. The maximum absolute atomic E-state index is 10.4. The molecule has 0 spiro atoms. The number of hydrogen-bond acceptors (Lipinski definition) is 3. The molecule has 1 heterocycles. The Morgan fingerprint density at radius 3 is 2.91 bits per heavy atom. The Kier molecular flexibility index (Phi) is 3.45. The monoisotopic (exact) mass is 179 g/mol. The highest BCUT2D eigenvalue weighted by molar-refractivity contribution is 7.79. The van der Waals surface area contributed by atoms with Crippen LogP contribution in [0, 0.1) is 0 Å². The van der Waals surface area contributed by atoms with Crippen LogP contribution >= 0.6 is 0 Å². The Bertz CT molecular complexity index is 153. The second-order valence-corrected chi connectivity index (χ2v) is 3.64. The Morgan fingerprint density at radius 1 is 1.64 bits per heavy atom. The third kappa shape index (κ3) is 2.52. The van der Waals surface area contributed by atoms with Crippen molar-refractivity contribution in [2.75, 3.05) is 19.0 Å². The SMILES string of the molecule is O=S(O)CN1CCCC1CO. The summed E-state index contributed by atoms with van der Waals surface area (Å²) >= 11 is -1.76. The van der Waals surface area contributed by atoms with Gasteiger partial charge < -0.3 is 9.66 Å². The first kappa shape index (κ1) is 9.12. The fraction of sp³-hybridized carbons (Fsp3) is 1.00. The third-order valence-electron chi connectivity index (χ3n) is 1.99. The molecule has 2 N–H and O–H groups in total. The van der Waals surface area contributed by atoms with Crippen molar-refractivity contribution >= 4 is 11.1 Å². The summed E-state index contributed by atoms with van der Waals surface area (Å²) in [4.78, 5) is 1.86. The summed E-state index contributed by atoms with van der Waals surface area (Å²) < 4.78 is 19.0. The second kappa shape index (κ2) is 4.15. The summed E-state index contributed by atoms with van der Waals surface area (Å²) in [5, 5.41) is 8.83. The van der Waals surface area contributed by atoms with Crippen molar-refractivity contribution in [3.63, 3.8) is 0 Å². The molecule has 1 saturated heterocycles. The van der Waals surface area contributed by atoms with E-state index in [0.717, 1.165) is 19.4 Å². The Hall–Kier alpha value is 0.0300. The molecule has 0 aromatic heterocycles. The normalized spacial score (nSPS) is 29.1. The third-order valence-corrected chi connectivity index (χ3v) is 2.54. The van der Waals surface area contributed by atoms with Crippen LogP contribution in [0.4, 0.5) is 0 Å². The van der Waals surface area contributed by atoms with Crippen LogP contribution in [0.15, 0.2) is 0 Å². The molecule has 4 nitrogen and oxygen atoms in total. The summed E-state index contributed by atoms with van der Waals surface area (Å²) in [7, 11) is 0. The molecule has 0 bridgehead atoms. The topological polar surface area (TPSA) is 60.8 Å². The summed E-state index contributed by atoms with van der Waals surface area (Å²) in [5.41, 5.74) is 0. The van der Waals surface area contributed by atoms with Crippen molar-refractivity contribution in [3.05, 3.63) is 0 Å². The van der Waals surface area contributed by atoms with Gasteiger partial charge in [0.1, 0.15) is 5.88 Å². The van der Waals surface area contributed by atoms with Crippen LogP contribution in [0.2, 0.25) is 0 Å². The van der Waals surface area contributed by atoms with Crippen LogP contribution in [0.5, 0.6) is 0 Å². The zero-order valence-electron chi connectivity index (χ0n) is 6.27. The predicted molar refractivity (Wildman–Crippen MR) is 42.5 cm³/mol. The molecule has 0 radical (unpaired) electrons. The van der Waals surface area contributed by atoms with E-state index < -0.39 is 11.1 Å². The van der Waals surface area contributed by atoms with Crippen LogP contribution in [0.3, 0.4) is 0 Å². The van der Waals surface area contributed by atoms with Gasteiger partial charge >= 0.3 is 0 Å². The molecule has 1 fully saturated rings. The Balaban J connectivity index is 2.37. The molecule has 1 aliphatic rings. The molecule has 0 aromatic carbocycles. The van der Waals surface area contributed by atoms with Crippen molar-refractivity contribution in [2.24, 2.45) is 0 Å². The first-order chi connectivity index (χ1) is 5.24. The van der Waals surface area contributed by atoms with Gasteiger partial charge in [0.2, 0.25) is 0 Å². The molecule has 1 rings (SSSR count). The summed E-state index contributed by atoms with van der Waals surface area (Å²) in [5.74, 6) is 0.172. The Labute approximate surface area is 68.5 Å². The second-order valence-electron chi connectivity index (χ2n) is 2.74. The molecule has 0 amide bonds. The lowest BCUT2D eigenvalue weighted by atomic mass is 10.2. The van der Waals surface area contributed by atoms with Crippen LogP contribution in [-0.4, -0.2) is 43.8 Å². The van der Waals surface area contributed by atoms with Gasteiger partial charge in [0.05, 0.1) is 6.61 Å². The van der Waals surface area contributed by atoms with E-state index in [0.29, 0.717) is 0 Å². The predicted octanol–water partition coefficient (Wildman–Crippen LogP) is -0.378. The van der Waals surface area contributed by atoms with E-state index in [1.165, 1.54) is 0 Å². The van der Waals surface area contributed by atoms with Gasteiger partial charge in [-0.1, -0.05) is 0 Å². The maximum Gasteiger partial charge on any atom is 0.167 e. The number of hydrogen-bond donors (Lipinski definition) is 2. The lowest BCUT2D eigenvalue weighted by Gasteiger charge is -2.19. The minimum Gasteiger partial charge on any atom is -0.395 e. The number of rotatable bonds is 3. The van der Waals surface area contributed by atoms with Gasteiger partial charge in [-0.15, -0.1) is 0 Å². The highest BCUT2D eigenvalue weighted by atomic mass is 32.2. The standard InChI is InChI=1S/C6H13NO3S/c8-4-6-2-1-3-7(6)5-11(9)10/h6,8H,1-5H2,(H,9,10). The van der Waals surface area contributed by atoms with E-state index in [1.807, 2.05) is 4.90 Å².